The van der Waals surface area contributed by atoms with Gasteiger partial charge in [-0.1, -0.05) is 73.2 Å². The maximum absolute atomic E-state index is 13.4. The molecule has 2 aromatic carbocycles. The lowest BCUT2D eigenvalue weighted by atomic mass is 10.1. The molecule has 0 bridgehead atoms. The Morgan fingerprint density at radius 1 is 1.03 bits per heavy atom. The highest BCUT2D eigenvalue weighted by Gasteiger charge is 2.42. The quantitative estimate of drug-likeness (QED) is 0.507. The zero-order valence-corrected chi connectivity index (χ0v) is 19.5. The van der Waals surface area contributed by atoms with Crippen LogP contribution in [0.2, 0.25) is 0 Å². The molecule has 0 radical (unpaired) electrons. The number of nitrogens with zero attached hydrogens (tertiary/aromatic N) is 2. The Hall–Kier alpha value is -2.97. The Kier molecular flexibility index (Phi) is 6.43. The van der Waals surface area contributed by atoms with Crippen LogP contribution in [-0.2, 0) is 14.4 Å². The van der Waals surface area contributed by atoms with Crippen LogP contribution in [0.25, 0.3) is 5.57 Å². The molecule has 0 spiro atoms. The van der Waals surface area contributed by atoms with E-state index in [1.165, 1.54) is 4.90 Å². The average molecular weight is 466 g/mol. The molecule has 0 aromatic heterocycles. The molecule has 0 saturated carbocycles. The van der Waals surface area contributed by atoms with Gasteiger partial charge in [0.25, 0.3) is 11.8 Å². The van der Waals surface area contributed by atoms with Gasteiger partial charge in [-0.3, -0.25) is 24.2 Å². The van der Waals surface area contributed by atoms with Crippen LogP contribution in [0.3, 0.4) is 0 Å². The number of benzene rings is 2. The average Bonchev–Trinajstić information content (AvgIpc) is 3.20. The minimum Gasteiger partial charge on any atom is -0.325 e. The molecule has 1 fully saturated rings. The van der Waals surface area contributed by atoms with Crippen LogP contribution in [0, 0.1) is 6.92 Å². The van der Waals surface area contributed by atoms with E-state index in [-0.39, 0.29) is 24.3 Å². The van der Waals surface area contributed by atoms with Gasteiger partial charge in [0.1, 0.15) is 10.9 Å². The number of unbranched alkanes of at least 4 members (excludes halogenated alkanes) is 1. The van der Waals surface area contributed by atoms with Gasteiger partial charge >= 0.3 is 0 Å². The molecule has 3 amide bonds. The topological polar surface area (TPSA) is 69.7 Å². The lowest BCUT2D eigenvalue weighted by molar-refractivity contribution is -0.122. The third kappa shape index (κ3) is 4.20. The van der Waals surface area contributed by atoms with Crippen molar-refractivity contribution in [3.05, 3.63) is 64.6 Å². The van der Waals surface area contributed by atoms with Crippen molar-refractivity contribution in [3.8, 4) is 0 Å². The maximum atomic E-state index is 13.4. The zero-order chi connectivity index (χ0) is 22.8. The summed E-state index contributed by atoms with van der Waals surface area (Å²) in [6, 6.07) is 14.7. The van der Waals surface area contributed by atoms with Gasteiger partial charge in [0.2, 0.25) is 5.91 Å². The number of carbonyl (C=O) groups is 3. The summed E-state index contributed by atoms with van der Waals surface area (Å²) in [5.41, 5.74) is 3.34. The van der Waals surface area contributed by atoms with Gasteiger partial charge in [0.05, 0.1) is 16.2 Å². The van der Waals surface area contributed by atoms with E-state index in [2.05, 4.69) is 5.32 Å². The molecule has 2 aliphatic rings. The molecule has 0 aliphatic carbocycles. The van der Waals surface area contributed by atoms with Crippen molar-refractivity contribution in [2.24, 2.45) is 0 Å². The van der Waals surface area contributed by atoms with Crippen LogP contribution in [0.4, 0.5) is 11.4 Å². The lowest BCUT2D eigenvalue weighted by Crippen LogP contribution is -2.35. The van der Waals surface area contributed by atoms with Gasteiger partial charge in [-0.2, -0.15) is 0 Å². The summed E-state index contributed by atoms with van der Waals surface area (Å²) in [4.78, 5) is 42.5. The number of thioether (sulfide) groups is 1. The van der Waals surface area contributed by atoms with Crippen molar-refractivity contribution >= 4 is 63.0 Å². The van der Waals surface area contributed by atoms with Gasteiger partial charge in [-0.15, -0.1) is 0 Å². The van der Waals surface area contributed by atoms with E-state index in [4.69, 9.17) is 12.2 Å². The number of aryl methyl sites for hydroxylation is 1. The fraction of sp³-hybridized carbons (Fsp3) is 0.250. The van der Waals surface area contributed by atoms with E-state index in [0.717, 1.165) is 30.2 Å². The molecule has 2 aliphatic heterocycles. The zero-order valence-electron chi connectivity index (χ0n) is 17.9. The lowest BCUT2D eigenvalue weighted by Gasteiger charge is -2.17. The molecular formula is C24H23N3O3S2. The number of hydrogen-bond acceptors (Lipinski definition) is 5. The van der Waals surface area contributed by atoms with Crippen molar-refractivity contribution in [1.29, 1.82) is 0 Å². The SMILES string of the molecule is CCCCN1C(=O)/C(=C2\C(=O)N(CC(=O)Nc3ccc(C)cc3)c3ccccc32)SC1=S. The number of thiocarbonyl (C=S) groups is 1. The highest BCUT2D eigenvalue weighted by atomic mass is 32.2. The van der Waals surface area contributed by atoms with Gasteiger partial charge in [-0.05, 0) is 31.5 Å². The summed E-state index contributed by atoms with van der Waals surface area (Å²) in [5.74, 6) is -0.910. The molecule has 4 rings (SSSR count). The number of fused-ring (bicyclic) bond motifs is 1. The maximum Gasteiger partial charge on any atom is 0.267 e. The van der Waals surface area contributed by atoms with Crippen molar-refractivity contribution in [2.45, 2.75) is 26.7 Å². The summed E-state index contributed by atoms with van der Waals surface area (Å²) in [6.07, 6.45) is 1.78. The first-order chi connectivity index (χ1) is 15.4. The minimum atomic E-state index is -0.360. The Labute approximate surface area is 196 Å². The Morgan fingerprint density at radius 3 is 2.47 bits per heavy atom. The normalized spacial score (nSPS) is 17.9. The fourth-order valence-electron chi connectivity index (χ4n) is 3.70. The smallest absolute Gasteiger partial charge is 0.267 e. The fourth-order valence-corrected chi connectivity index (χ4v) is 5.08. The third-order valence-corrected chi connectivity index (χ3v) is 6.82. The summed E-state index contributed by atoms with van der Waals surface area (Å²) in [7, 11) is 0. The van der Waals surface area contributed by atoms with Crippen LogP contribution in [0.1, 0.15) is 30.9 Å². The molecule has 1 saturated heterocycles. The van der Waals surface area contributed by atoms with E-state index in [0.29, 0.717) is 38.3 Å². The van der Waals surface area contributed by atoms with E-state index >= 15 is 0 Å². The molecular weight excluding hydrogens is 442 g/mol. The van der Waals surface area contributed by atoms with Gasteiger partial charge in [0, 0.05) is 17.8 Å². The second-order valence-corrected chi connectivity index (χ2v) is 9.35. The number of carbonyl (C=O) groups excluding carboxylic acids is 3. The van der Waals surface area contributed by atoms with Gasteiger partial charge in [0.15, 0.2) is 0 Å². The van der Waals surface area contributed by atoms with Crippen LogP contribution in [-0.4, -0.2) is 40.0 Å². The van der Waals surface area contributed by atoms with Crippen molar-refractivity contribution < 1.29 is 14.4 Å². The van der Waals surface area contributed by atoms with E-state index in [1.807, 2.05) is 50.2 Å². The molecule has 0 atom stereocenters. The summed E-state index contributed by atoms with van der Waals surface area (Å²) >= 11 is 6.57. The van der Waals surface area contributed by atoms with Gasteiger partial charge < -0.3 is 5.32 Å². The molecule has 32 heavy (non-hydrogen) atoms. The number of amides is 3. The molecule has 2 aromatic rings. The first kappa shape index (κ1) is 22.2. The first-order valence-electron chi connectivity index (χ1n) is 10.5. The van der Waals surface area contributed by atoms with E-state index in [9.17, 15) is 14.4 Å². The molecule has 8 heteroatoms. The number of rotatable bonds is 6. The second kappa shape index (κ2) is 9.26. The van der Waals surface area contributed by atoms with Crippen LogP contribution < -0.4 is 10.2 Å². The van der Waals surface area contributed by atoms with E-state index in [1.54, 1.807) is 17.0 Å². The molecule has 164 valence electrons. The predicted molar refractivity (Wildman–Crippen MR) is 132 cm³/mol. The van der Waals surface area contributed by atoms with Crippen molar-refractivity contribution in [2.75, 3.05) is 23.3 Å². The molecule has 2 heterocycles. The summed E-state index contributed by atoms with van der Waals surface area (Å²) < 4.78 is 0.465. The van der Waals surface area contributed by atoms with Crippen LogP contribution in [0.5, 0.6) is 0 Å². The monoisotopic (exact) mass is 465 g/mol. The standard InChI is InChI=1S/C24H23N3O3S2/c1-3-4-13-26-23(30)21(32-24(26)31)20-17-7-5-6-8-18(17)27(22(20)29)14-19(28)25-16-11-9-15(2)10-12-16/h5-12H,3-4,13-14H2,1-2H3,(H,25,28)/b21-20+. The molecule has 0 unspecified atom stereocenters. The summed E-state index contributed by atoms with van der Waals surface area (Å²) in [6.45, 7) is 4.41. The number of anilines is 2. The Morgan fingerprint density at radius 2 is 1.75 bits per heavy atom. The second-order valence-electron chi connectivity index (χ2n) is 7.71. The first-order valence-corrected chi connectivity index (χ1v) is 11.7. The van der Waals surface area contributed by atoms with Crippen LogP contribution >= 0.6 is 24.0 Å². The Bertz CT molecular complexity index is 1140. The largest absolute Gasteiger partial charge is 0.325 e. The Balaban J connectivity index is 1.62. The van der Waals surface area contributed by atoms with Crippen molar-refractivity contribution in [3.63, 3.8) is 0 Å². The number of para-hydroxylation sites is 1. The predicted octanol–water partition coefficient (Wildman–Crippen LogP) is 4.35. The third-order valence-electron chi connectivity index (χ3n) is 5.37. The van der Waals surface area contributed by atoms with Gasteiger partial charge in [-0.25, -0.2) is 0 Å². The van der Waals surface area contributed by atoms with Crippen LogP contribution in [0.15, 0.2) is 53.4 Å². The summed E-state index contributed by atoms with van der Waals surface area (Å²) in [5, 5.41) is 2.83. The highest BCUT2D eigenvalue weighted by molar-refractivity contribution is 8.26. The minimum absolute atomic E-state index is 0.149. The molecule has 1 N–H and O–H groups in total. The van der Waals surface area contributed by atoms with Crippen molar-refractivity contribution in [1.82, 2.24) is 4.90 Å². The highest BCUT2D eigenvalue weighted by Crippen LogP contribution is 2.44. The number of nitrogens with one attached hydrogen (secondary N) is 1. The number of hydrogen-bond donors (Lipinski definition) is 1. The molecule has 6 nitrogen and oxygen atoms in total. The van der Waals surface area contributed by atoms with E-state index < -0.39 is 0 Å².